The standard InChI is InChI=1S/C28H23F2NO5/c1-34-27-15-22-25(16-28(27)35-2)31-10-9-26(22)36-21-6-3-17(4-7-21)11-19(32)14-20(33)12-18-5-8-23(29)24(30)13-18/h3-10,13,15-16H,11-12,14H2,1-2H3. The molecule has 0 fully saturated rings. The summed E-state index contributed by atoms with van der Waals surface area (Å²) in [6, 6.07) is 15.5. The molecule has 3 aromatic carbocycles. The number of hydrogen-bond acceptors (Lipinski definition) is 6. The van der Waals surface area contributed by atoms with E-state index in [4.69, 9.17) is 14.2 Å². The Kier molecular flexibility index (Phi) is 7.53. The molecule has 184 valence electrons. The number of fused-ring (bicyclic) bond motifs is 1. The lowest BCUT2D eigenvalue weighted by Gasteiger charge is -2.12. The van der Waals surface area contributed by atoms with E-state index in [0.717, 1.165) is 23.1 Å². The molecule has 0 unspecified atom stereocenters. The van der Waals surface area contributed by atoms with Crippen LogP contribution in [0.4, 0.5) is 8.78 Å². The van der Waals surface area contributed by atoms with Crippen LogP contribution in [-0.2, 0) is 22.4 Å². The second-order valence-corrected chi connectivity index (χ2v) is 8.14. The van der Waals surface area contributed by atoms with E-state index in [2.05, 4.69) is 4.98 Å². The summed E-state index contributed by atoms with van der Waals surface area (Å²) in [5.41, 5.74) is 1.73. The molecule has 0 radical (unpaired) electrons. The monoisotopic (exact) mass is 491 g/mol. The number of benzene rings is 3. The predicted octanol–water partition coefficient (Wildman–Crippen LogP) is 5.64. The Bertz CT molecular complexity index is 1420. The molecule has 1 heterocycles. The van der Waals surface area contributed by atoms with Crippen LogP contribution in [0.25, 0.3) is 10.9 Å². The molecule has 4 rings (SSSR count). The molecule has 0 aliphatic rings. The van der Waals surface area contributed by atoms with Crippen LogP contribution in [0.2, 0.25) is 0 Å². The molecule has 0 saturated carbocycles. The SMILES string of the molecule is COc1cc2nccc(Oc3ccc(CC(=O)CC(=O)Cc4ccc(F)c(F)c4)cc3)c2cc1OC. The van der Waals surface area contributed by atoms with Gasteiger partial charge in [-0.05, 0) is 47.5 Å². The van der Waals surface area contributed by atoms with E-state index in [0.29, 0.717) is 34.1 Å². The molecule has 0 aliphatic heterocycles. The molecular weight excluding hydrogens is 468 g/mol. The Morgan fingerprint density at radius 3 is 2.06 bits per heavy atom. The van der Waals surface area contributed by atoms with Crippen molar-refractivity contribution < 1.29 is 32.6 Å². The molecule has 0 amide bonds. The van der Waals surface area contributed by atoms with E-state index in [9.17, 15) is 18.4 Å². The molecule has 4 aromatic rings. The number of halogens is 2. The highest BCUT2D eigenvalue weighted by Gasteiger charge is 2.14. The average Bonchev–Trinajstić information content (AvgIpc) is 2.86. The fourth-order valence-electron chi connectivity index (χ4n) is 3.79. The molecule has 0 aliphatic carbocycles. The Morgan fingerprint density at radius 2 is 1.39 bits per heavy atom. The number of aromatic nitrogens is 1. The van der Waals surface area contributed by atoms with Crippen molar-refractivity contribution in [2.75, 3.05) is 14.2 Å². The van der Waals surface area contributed by atoms with Crippen molar-refractivity contribution in [3.8, 4) is 23.0 Å². The van der Waals surface area contributed by atoms with Gasteiger partial charge in [0.05, 0.1) is 26.2 Å². The first-order chi connectivity index (χ1) is 17.4. The Hall–Kier alpha value is -4.33. The van der Waals surface area contributed by atoms with Crippen LogP contribution in [0.15, 0.2) is 66.9 Å². The van der Waals surface area contributed by atoms with Gasteiger partial charge in [0.15, 0.2) is 23.1 Å². The third-order valence-corrected chi connectivity index (χ3v) is 5.54. The number of ketones is 2. The van der Waals surface area contributed by atoms with Gasteiger partial charge in [0.2, 0.25) is 0 Å². The van der Waals surface area contributed by atoms with Crippen LogP contribution in [-0.4, -0.2) is 30.8 Å². The summed E-state index contributed by atoms with van der Waals surface area (Å²) in [6.45, 7) is 0. The number of rotatable bonds is 10. The summed E-state index contributed by atoms with van der Waals surface area (Å²) in [5, 5.41) is 0.744. The highest BCUT2D eigenvalue weighted by Crippen LogP contribution is 2.36. The Morgan fingerprint density at radius 1 is 0.750 bits per heavy atom. The number of pyridine rings is 1. The number of ether oxygens (including phenoxy) is 3. The summed E-state index contributed by atoms with van der Waals surface area (Å²) < 4.78 is 43.1. The molecule has 6 nitrogen and oxygen atoms in total. The molecule has 36 heavy (non-hydrogen) atoms. The van der Waals surface area contributed by atoms with Gasteiger partial charge in [-0.15, -0.1) is 0 Å². The quantitative estimate of drug-likeness (QED) is 0.268. The fourth-order valence-corrected chi connectivity index (χ4v) is 3.79. The number of Topliss-reactive ketones (excluding diaryl/α,β-unsaturated/α-hetero) is 2. The highest BCUT2D eigenvalue weighted by atomic mass is 19.2. The zero-order valence-corrected chi connectivity index (χ0v) is 19.7. The minimum atomic E-state index is -1.02. The highest BCUT2D eigenvalue weighted by molar-refractivity contribution is 6.00. The van der Waals surface area contributed by atoms with E-state index >= 15 is 0 Å². The zero-order valence-electron chi connectivity index (χ0n) is 19.7. The van der Waals surface area contributed by atoms with Gasteiger partial charge < -0.3 is 14.2 Å². The maximum atomic E-state index is 13.3. The first-order valence-corrected chi connectivity index (χ1v) is 11.1. The molecule has 0 N–H and O–H groups in total. The third kappa shape index (κ3) is 5.83. The topological polar surface area (TPSA) is 74.7 Å². The first-order valence-electron chi connectivity index (χ1n) is 11.1. The van der Waals surface area contributed by atoms with E-state index in [1.54, 1.807) is 62.9 Å². The summed E-state index contributed by atoms with van der Waals surface area (Å²) in [4.78, 5) is 28.9. The van der Waals surface area contributed by atoms with Crippen molar-refractivity contribution in [2.45, 2.75) is 19.3 Å². The van der Waals surface area contributed by atoms with Gasteiger partial charge in [0, 0.05) is 30.5 Å². The Balaban J connectivity index is 1.39. The predicted molar refractivity (Wildman–Crippen MR) is 130 cm³/mol. The van der Waals surface area contributed by atoms with Crippen LogP contribution in [0.1, 0.15) is 17.5 Å². The van der Waals surface area contributed by atoms with Crippen molar-refractivity contribution in [1.29, 1.82) is 0 Å². The third-order valence-electron chi connectivity index (χ3n) is 5.54. The lowest BCUT2D eigenvalue weighted by molar-refractivity contribution is -0.126. The molecule has 8 heteroatoms. The van der Waals surface area contributed by atoms with Gasteiger partial charge in [-0.1, -0.05) is 18.2 Å². The summed E-state index contributed by atoms with van der Waals surface area (Å²) >= 11 is 0. The van der Waals surface area contributed by atoms with Crippen LogP contribution in [0.3, 0.4) is 0 Å². The van der Waals surface area contributed by atoms with Gasteiger partial charge in [0.25, 0.3) is 0 Å². The van der Waals surface area contributed by atoms with Crippen LogP contribution < -0.4 is 14.2 Å². The minimum absolute atomic E-state index is 0.0684. The van der Waals surface area contributed by atoms with Crippen LogP contribution in [0, 0.1) is 11.6 Å². The molecule has 0 bridgehead atoms. The average molecular weight is 491 g/mol. The van der Waals surface area contributed by atoms with Crippen molar-refractivity contribution in [3.05, 3.63) is 89.6 Å². The van der Waals surface area contributed by atoms with E-state index in [1.807, 2.05) is 0 Å². The smallest absolute Gasteiger partial charge is 0.162 e. The van der Waals surface area contributed by atoms with E-state index in [1.165, 1.54) is 6.07 Å². The number of carbonyl (C=O) groups is 2. The number of carbonyl (C=O) groups excluding carboxylic acids is 2. The maximum Gasteiger partial charge on any atom is 0.162 e. The first kappa shape index (κ1) is 24.8. The lowest BCUT2D eigenvalue weighted by atomic mass is 10.0. The van der Waals surface area contributed by atoms with Gasteiger partial charge in [-0.25, -0.2) is 8.78 Å². The van der Waals surface area contributed by atoms with E-state index < -0.39 is 11.6 Å². The van der Waals surface area contributed by atoms with Crippen molar-refractivity contribution in [2.24, 2.45) is 0 Å². The Labute approximate surface area is 206 Å². The van der Waals surface area contributed by atoms with Crippen molar-refractivity contribution >= 4 is 22.5 Å². The van der Waals surface area contributed by atoms with Crippen LogP contribution in [0.5, 0.6) is 23.0 Å². The summed E-state index contributed by atoms with van der Waals surface area (Å²) in [6.07, 6.45) is 1.28. The van der Waals surface area contributed by atoms with E-state index in [-0.39, 0.29) is 30.8 Å². The van der Waals surface area contributed by atoms with Gasteiger partial charge in [-0.2, -0.15) is 0 Å². The molecule has 0 saturated heterocycles. The zero-order chi connectivity index (χ0) is 25.7. The largest absolute Gasteiger partial charge is 0.493 e. The van der Waals surface area contributed by atoms with Crippen molar-refractivity contribution in [3.63, 3.8) is 0 Å². The molecule has 0 spiro atoms. The van der Waals surface area contributed by atoms with Crippen LogP contribution >= 0.6 is 0 Å². The second-order valence-electron chi connectivity index (χ2n) is 8.14. The van der Waals surface area contributed by atoms with Gasteiger partial charge in [0.1, 0.15) is 23.1 Å². The number of methoxy groups -OCH3 is 2. The lowest BCUT2D eigenvalue weighted by Crippen LogP contribution is -2.12. The minimum Gasteiger partial charge on any atom is -0.493 e. The molecule has 1 aromatic heterocycles. The van der Waals surface area contributed by atoms with Gasteiger partial charge in [-0.3, -0.25) is 14.6 Å². The maximum absolute atomic E-state index is 13.3. The molecule has 0 atom stereocenters. The molecular formula is C28H23F2NO5. The number of nitrogens with zero attached hydrogens (tertiary/aromatic N) is 1. The van der Waals surface area contributed by atoms with Crippen molar-refractivity contribution in [1.82, 2.24) is 4.98 Å². The summed E-state index contributed by atoms with van der Waals surface area (Å²) in [5.74, 6) is -0.377. The number of hydrogen-bond donors (Lipinski definition) is 0. The van der Waals surface area contributed by atoms with Gasteiger partial charge >= 0.3 is 0 Å². The second kappa shape index (κ2) is 10.9. The summed E-state index contributed by atoms with van der Waals surface area (Å²) in [7, 11) is 3.11. The normalized spacial score (nSPS) is 10.8. The fraction of sp³-hybridized carbons (Fsp3) is 0.179.